The fourth-order valence-corrected chi connectivity index (χ4v) is 1.92. The van der Waals surface area contributed by atoms with E-state index in [0.717, 1.165) is 24.1 Å². The van der Waals surface area contributed by atoms with Crippen LogP contribution >= 0.6 is 0 Å². The van der Waals surface area contributed by atoms with Crippen LogP contribution in [0.4, 0.5) is 0 Å². The number of hydrogen-bond acceptors (Lipinski definition) is 2. The zero-order valence-corrected chi connectivity index (χ0v) is 11.1. The Bertz CT molecular complexity index is 614. The van der Waals surface area contributed by atoms with Gasteiger partial charge in [-0.1, -0.05) is 25.5 Å². The van der Waals surface area contributed by atoms with Gasteiger partial charge >= 0.3 is 0 Å². The average Bonchev–Trinajstić information content (AvgIpc) is 2.32. The summed E-state index contributed by atoms with van der Waals surface area (Å²) in [6.07, 6.45) is 1.82. The van der Waals surface area contributed by atoms with E-state index in [1.54, 1.807) is 6.07 Å². The first-order valence-corrected chi connectivity index (χ1v) is 6.28. The summed E-state index contributed by atoms with van der Waals surface area (Å²) >= 11 is 0. The molecule has 0 unspecified atom stereocenters. The maximum Gasteiger partial charge on any atom is 0.251 e. The zero-order valence-electron chi connectivity index (χ0n) is 11.1. The van der Waals surface area contributed by atoms with Crippen molar-refractivity contribution in [1.82, 2.24) is 9.97 Å². The lowest BCUT2D eigenvalue weighted by atomic mass is 10.1. The van der Waals surface area contributed by atoms with E-state index < -0.39 is 0 Å². The first-order valence-electron chi connectivity index (χ1n) is 6.28. The Balaban J connectivity index is 2.49. The summed E-state index contributed by atoms with van der Waals surface area (Å²) in [6.45, 7) is 6.22. The van der Waals surface area contributed by atoms with Crippen LogP contribution in [0.1, 0.15) is 30.2 Å². The van der Waals surface area contributed by atoms with Crippen LogP contribution < -0.4 is 5.56 Å². The highest BCUT2D eigenvalue weighted by molar-refractivity contribution is 5.57. The van der Waals surface area contributed by atoms with Crippen LogP contribution in [0.15, 0.2) is 29.1 Å². The molecule has 3 heteroatoms. The first-order chi connectivity index (χ1) is 8.60. The molecule has 0 amide bonds. The molecule has 1 N–H and O–H groups in total. The number of nitrogens with zero attached hydrogens (tertiary/aromatic N) is 1. The predicted octanol–water partition coefficient (Wildman–Crippen LogP) is 3.01. The predicted molar refractivity (Wildman–Crippen MR) is 73.8 cm³/mol. The number of aromatic nitrogens is 2. The Morgan fingerprint density at radius 1 is 1.17 bits per heavy atom. The SMILES string of the molecule is CCCc1cc(=O)[nH]c(-c2ccc(C)c(C)c2)n1. The smallest absolute Gasteiger partial charge is 0.251 e. The summed E-state index contributed by atoms with van der Waals surface area (Å²) in [5.74, 6) is 0.661. The van der Waals surface area contributed by atoms with Crippen LogP contribution in [0.25, 0.3) is 11.4 Å². The van der Waals surface area contributed by atoms with Gasteiger partial charge in [-0.3, -0.25) is 4.79 Å². The molecule has 0 fully saturated rings. The molecule has 0 saturated carbocycles. The van der Waals surface area contributed by atoms with Crippen molar-refractivity contribution < 1.29 is 0 Å². The van der Waals surface area contributed by atoms with Crippen LogP contribution in [0.5, 0.6) is 0 Å². The average molecular weight is 242 g/mol. The van der Waals surface area contributed by atoms with E-state index in [0.29, 0.717) is 5.82 Å². The van der Waals surface area contributed by atoms with Gasteiger partial charge < -0.3 is 4.98 Å². The standard InChI is InChI=1S/C15H18N2O/c1-4-5-13-9-14(18)17-15(16-13)12-7-6-10(2)11(3)8-12/h6-9H,4-5H2,1-3H3,(H,16,17,18). The molecule has 94 valence electrons. The molecule has 18 heavy (non-hydrogen) atoms. The number of H-pyrrole nitrogens is 1. The first kappa shape index (κ1) is 12.6. The molecular weight excluding hydrogens is 224 g/mol. The van der Waals surface area contributed by atoms with Crippen LogP contribution in [-0.4, -0.2) is 9.97 Å². The van der Waals surface area contributed by atoms with Crippen molar-refractivity contribution in [2.45, 2.75) is 33.6 Å². The van der Waals surface area contributed by atoms with Gasteiger partial charge in [-0.15, -0.1) is 0 Å². The molecule has 3 nitrogen and oxygen atoms in total. The molecule has 0 spiro atoms. The monoisotopic (exact) mass is 242 g/mol. The summed E-state index contributed by atoms with van der Waals surface area (Å²) in [5.41, 5.74) is 4.19. The second-order valence-electron chi connectivity index (χ2n) is 4.63. The van der Waals surface area contributed by atoms with Gasteiger partial charge in [-0.2, -0.15) is 0 Å². The fourth-order valence-electron chi connectivity index (χ4n) is 1.92. The van der Waals surface area contributed by atoms with Crippen LogP contribution in [0, 0.1) is 13.8 Å². The van der Waals surface area contributed by atoms with Crippen molar-refractivity contribution in [3.8, 4) is 11.4 Å². The van der Waals surface area contributed by atoms with Gasteiger partial charge in [0.1, 0.15) is 5.82 Å². The van der Waals surface area contributed by atoms with Gasteiger partial charge in [0.15, 0.2) is 0 Å². The Morgan fingerprint density at radius 3 is 2.61 bits per heavy atom. The molecule has 1 aromatic heterocycles. The van der Waals surface area contributed by atoms with Crippen molar-refractivity contribution in [3.05, 3.63) is 51.4 Å². The third kappa shape index (κ3) is 2.67. The third-order valence-electron chi connectivity index (χ3n) is 3.08. The van der Waals surface area contributed by atoms with E-state index in [-0.39, 0.29) is 5.56 Å². The minimum Gasteiger partial charge on any atom is -0.307 e. The lowest BCUT2D eigenvalue weighted by molar-refractivity contribution is 0.869. The minimum absolute atomic E-state index is 0.0818. The van der Waals surface area contributed by atoms with Crippen LogP contribution in [-0.2, 0) is 6.42 Å². The molecule has 0 radical (unpaired) electrons. The summed E-state index contributed by atoms with van der Waals surface area (Å²) in [4.78, 5) is 18.9. The van der Waals surface area contributed by atoms with Crippen molar-refractivity contribution in [1.29, 1.82) is 0 Å². The fraction of sp³-hybridized carbons (Fsp3) is 0.333. The van der Waals surface area contributed by atoms with Gasteiger partial charge in [0.25, 0.3) is 5.56 Å². The molecule has 1 heterocycles. The molecule has 0 bridgehead atoms. The highest BCUT2D eigenvalue weighted by Gasteiger charge is 2.05. The third-order valence-corrected chi connectivity index (χ3v) is 3.08. The molecule has 2 aromatic rings. The zero-order chi connectivity index (χ0) is 13.1. The molecule has 0 aliphatic rings. The second-order valence-corrected chi connectivity index (χ2v) is 4.63. The van der Waals surface area contributed by atoms with Gasteiger partial charge in [0.2, 0.25) is 0 Å². The van der Waals surface area contributed by atoms with E-state index in [2.05, 4.69) is 42.9 Å². The lowest BCUT2D eigenvalue weighted by Gasteiger charge is -2.06. The van der Waals surface area contributed by atoms with Crippen molar-refractivity contribution >= 4 is 0 Å². The largest absolute Gasteiger partial charge is 0.307 e. The van der Waals surface area contributed by atoms with Gasteiger partial charge in [-0.25, -0.2) is 4.98 Å². The summed E-state index contributed by atoms with van der Waals surface area (Å²) in [5, 5.41) is 0. The van der Waals surface area contributed by atoms with Crippen molar-refractivity contribution in [3.63, 3.8) is 0 Å². The van der Waals surface area contributed by atoms with Gasteiger partial charge in [0.05, 0.1) is 0 Å². The van der Waals surface area contributed by atoms with Gasteiger partial charge in [0, 0.05) is 17.3 Å². The molecule has 0 saturated heterocycles. The van der Waals surface area contributed by atoms with E-state index in [4.69, 9.17) is 0 Å². The van der Waals surface area contributed by atoms with E-state index in [1.807, 2.05) is 6.07 Å². The van der Waals surface area contributed by atoms with Crippen LogP contribution in [0.3, 0.4) is 0 Å². The number of nitrogens with one attached hydrogen (secondary N) is 1. The summed E-state index contributed by atoms with van der Waals surface area (Å²) in [7, 11) is 0. The molecule has 1 aromatic carbocycles. The molecule has 0 aliphatic carbocycles. The summed E-state index contributed by atoms with van der Waals surface area (Å²) < 4.78 is 0. The highest BCUT2D eigenvalue weighted by atomic mass is 16.1. The van der Waals surface area contributed by atoms with E-state index in [9.17, 15) is 4.79 Å². The number of rotatable bonds is 3. The molecule has 0 atom stereocenters. The van der Waals surface area contributed by atoms with Crippen molar-refractivity contribution in [2.24, 2.45) is 0 Å². The maximum atomic E-state index is 11.6. The van der Waals surface area contributed by atoms with E-state index in [1.165, 1.54) is 11.1 Å². The second kappa shape index (κ2) is 5.17. The number of aryl methyl sites for hydroxylation is 3. The van der Waals surface area contributed by atoms with Crippen molar-refractivity contribution in [2.75, 3.05) is 0 Å². The lowest BCUT2D eigenvalue weighted by Crippen LogP contribution is -2.10. The van der Waals surface area contributed by atoms with Crippen LogP contribution in [0.2, 0.25) is 0 Å². The Morgan fingerprint density at radius 2 is 1.94 bits per heavy atom. The topological polar surface area (TPSA) is 45.8 Å². The maximum absolute atomic E-state index is 11.6. The Hall–Kier alpha value is -1.90. The molecule has 0 aliphatic heterocycles. The number of benzene rings is 1. The molecular formula is C15H18N2O. The Kier molecular flexibility index (Phi) is 3.60. The normalized spacial score (nSPS) is 10.6. The molecule has 2 rings (SSSR count). The number of aromatic amines is 1. The Labute approximate surface area is 107 Å². The van der Waals surface area contributed by atoms with Gasteiger partial charge in [-0.05, 0) is 37.5 Å². The summed E-state index contributed by atoms with van der Waals surface area (Å²) in [6, 6.07) is 7.69. The number of hydrogen-bond donors (Lipinski definition) is 1. The quantitative estimate of drug-likeness (QED) is 0.899. The van der Waals surface area contributed by atoms with E-state index >= 15 is 0 Å². The highest BCUT2D eigenvalue weighted by Crippen LogP contribution is 2.18. The minimum atomic E-state index is -0.0818.